The van der Waals surface area contributed by atoms with Crippen LogP contribution in [0.25, 0.3) is 0 Å². The maximum atomic E-state index is 12.3. The minimum atomic E-state index is -0.299. The number of anilines is 1. The number of nitrogens with one attached hydrogen (secondary N) is 2. The van der Waals surface area contributed by atoms with Gasteiger partial charge in [-0.1, -0.05) is 30.2 Å². The van der Waals surface area contributed by atoms with Gasteiger partial charge in [0, 0.05) is 16.4 Å². The highest BCUT2D eigenvalue weighted by Crippen LogP contribution is 2.37. The van der Waals surface area contributed by atoms with E-state index in [0.717, 1.165) is 41.8 Å². The number of rotatable bonds is 4. The lowest BCUT2D eigenvalue weighted by atomic mass is 10.1. The fourth-order valence-corrected chi connectivity index (χ4v) is 4.73. The lowest BCUT2D eigenvalue weighted by molar-refractivity contribution is 0.0601. The second kappa shape index (κ2) is 8.84. The van der Waals surface area contributed by atoms with Gasteiger partial charge in [0.2, 0.25) is 0 Å². The molecule has 4 nitrogen and oxygen atoms in total. The summed E-state index contributed by atoms with van der Waals surface area (Å²) >= 11 is 12.9. The molecule has 1 aliphatic carbocycles. The first-order valence-corrected chi connectivity index (χ1v) is 10.2. The standard InChI is InChI=1S/C19H21ClN2O2S2/c1-24-18(23)16-14-5-3-2-4-6-15(14)26-17(16)22-19(25)21-11-12-7-9-13(20)10-8-12/h7-10H,2-6,11H2,1H3,(H2,21,22,25). The lowest BCUT2D eigenvalue weighted by Gasteiger charge is -2.11. The van der Waals surface area contributed by atoms with E-state index in [4.69, 9.17) is 28.6 Å². The molecule has 2 aromatic rings. The van der Waals surface area contributed by atoms with Gasteiger partial charge < -0.3 is 15.4 Å². The fourth-order valence-electron chi connectivity index (χ4n) is 3.08. The topological polar surface area (TPSA) is 50.4 Å². The third kappa shape index (κ3) is 4.55. The predicted octanol–water partition coefficient (Wildman–Crippen LogP) is 4.94. The van der Waals surface area contributed by atoms with Gasteiger partial charge in [0.15, 0.2) is 5.11 Å². The molecule has 138 valence electrons. The van der Waals surface area contributed by atoms with Gasteiger partial charge in [-0.25, -0.2) is 4.79 Å². The van der Waals surface area contributed by atoms with Crippen molar-refractivity contribution in [3.63, 3.8) is 0 Å². The van der Waals surface area contributed by atoms with Crippen molar-refractivity contribution in [3.05, 3.63) is 50.9 Å². The summed E-state index contributed by atoms with van der Waals surface area (Å²) < 4.78 is 5.02. The van der Waals surface area contributed by atoms with Crippen molar-refractivity contribution in [2.45, 2.75) is 38.6 Å². The summed E-state index contributed by atoms with van der Waals surface area (Å²) in [6.07, 6.45) is 5.39. The Morgan fingerprint density at radius 2 is 1.96 bits per heavy atom. The van der Waals surface area contributed by atoms with E-state index in [1.54, 1.807) is 11.3 Å². The van der Waals surface area contributed by atoms with Crippen LogP contribution in [0.15, 0.2) is 24.3 Å². The van der Waals surface area contributed by atoms with Crippen LogP contribution in [0, 0.1) is 0 Å². The Balaban J connectivity index is 1.72. The van der Waals surface area contributed by atoms with Crippen molar-refractivity contribution in [1.82, 2.24) is 5.32 Å². The first-order valence-electron chi connectivity index (χ1n) is 8.60. The molecule has 0 atom stereocenters. The molecule has 1 heterocycles. The quantitative estimate of drug-likeness (QED) is 0.426. The minimum absolute atomic E-state index is 0.299. The monoisotopic (exact) mass is 408 g/mol. The third-order valence-electron chi connectivity index (χ3n) is 4.40. The Labute approximate surface area is 167 Å². The van der Waals surface area contributed by atoms with Crippen LogP contribution in [-0.4, -0.2) is 18.2 Å². The van der Waals surface area contributed by atoms with Crippen LogP contribution in [0.3, 0.4) is 0 Å². The molecule has 1 aliphatic rings. The van der Waals surface area contributed by atoms with Gasteiger partial charge in [-0.05, 0) is 61.2 Å². The summed E-state index contributed by atoms with van der Waals surface area (Å²) in [5.41, 5.74) is 2.85. The Kier molecular flexibility index (Phi) is 6.51. The van der Waals surface area contributed by atoms with Crippen LogP contribution < -0.4 is 10.6 Å². The zero-order valence-corrected chi connectivity index (χ0v) is 17.0. The Hall–Kier alpha value is -1.63. The Morgan fingerprint density at radius 1 is 1.23 bits per heavy atom. The zero-order chi connectivity index (χ0) is 18.5. The van der Waals surface area contributed by atoms with Gasteiger partial charge in [-0.15, -0.1) is 11.3 Å². The van der Waals surface area contributed by atoms with Crippen LogP contribution in [0.2, 0.25) is 5.02 Å². The molecule has 0 aliphatic heterocycles. The molecular formula is C19H21ClN2O2S2. The molecule has 2 N–H and O–H groups in total. The number of halogens is 1. The van der Waals surface area contributed by atoms with Crippen molar-refractivity contribution >= 4 is 51.2 Å². The lowest BCUT2D eigenvalue weighted by Crippen LogP contribution is -2.28. The van der Waals surface area contributed by atoms with Gasteiger partial charge in [0.25, 0.3) is 0 Å². The first kappa shape index (κ1) is 19.1. The van der Waals surface area contributed by atoms with E-state index in [-0.39, 0.29) is 5.97 Å². The summed E-state index contributed by atoms with van der Waals surface area (Å²) in [6, 6.07) is 7.60. The summed E-state index contributed by atoms with van der Waals surface area (Å²) in [6.45, 7) is 0.585. The highest BCUT2D eigenvalue weighted by molar-refractivity contribution is 7.80. The second-order valence-corrected chi connectivity index (χ2v) is 8.14. The number of hydrogen-bond acceptors (Lipinski definition) is 4. The van der Waals surface area contributed by atoms with Crippen molar-refractivity contribution in [3.8, 4) is 0 Å². The average molecular weight is 409 g/mol. The SMILES string of the molecule is COC(=O)c1c(NC(=S)NCc2ccc(Cl)cc2)sc2c1CCCCC2. The van der Waals surface area contributed by atoms with Crippen molar-refractivity contribution < 1.29 is 9.53 Å². The van der Waals surface area contributed by atoms with Crippen LogP contribution in [0.1, 0.15) is 45.6 Å². The summed E-state index contributed by atoms with van der Waals surface area (Å²) in [4.78, 5) is 13.6. The number of carbonyl (C=O) groups excluding carboxylic acids is 1. The molecule has 0 saturated heterocycles. The van der Waals surface area contributed by atoms with Crippen LogP contribution in [-0.2, 0) is 24.1 Å². The second-order valence-electron chi connectivity index (χ2n) is 6.19. The van der Waals surface area contributed by atoms with E-state index in [1.165, 1.54) is 18.4 Å². The summed E-state index contributed by atoms with van der Waals surface area (Å²) in [5.74, 6) is -0.299. The summed E-state index contributed by atoms with van der Waals surface area (Å²) in [5, 5.41) is 8.34. The third-order valence-corrected chi connectivity index (χ3v) is 6.11. The number of esters is 1. The largest absolute Gasteiger partial charge is 0.465 e. The van der Waals surface area contributed by atoms with Gasteiger partial charge in [0.05, 0.1) is 12.7 Å². The first-order chi connectivity index (χ1) is 12.6. The van der Waals surface area contributed by atoms with E-state index < -0.39 is 0 Å². The minimum Gasteiger partial charge on any atom is -0.465 e. The number of carbonyl (C=O) groups is 1. The number of benzene rings is 1. The molecule has 3 rings (SSSR count). The van der Waals surface area contributed by atoms with Gasteiger partial charge in [-0.3, -0.25) is 0 Å². The maximum Gasteiger partial charge on any atom is 0.341 e. The van der Waals surface area contributed by atoms with Crippen LogP contribution >= 0.6 is 35.2 Å². The molecule has 0 spiro atoms. The van der Waals surface area contributed by atoms with Gasteiger partial charge in [-0.2, -0.15) is 0 Å². The van der Waals surface area contributed by atoms with E-state index in [2.05, 4.69) is 10.6 Å². The number of methoxy groups -OCH3 is 1. The normalized spacial score (nSPS) is 13.5. The van der Waals surface area contributed by atoms with Crippen LogP contribution in [0.5, 0.6) is 0 Å². The average Bonchev–Trinajstić information content (AvgIpc) is 2.81. The number of fused-ring (bicyclic) bond motifs is 1. The number of aryl methyl sites for hydroxylation is 1. The van der Waals surface area contributed by atoms with E-state index in [0.29, 0.717) is 22.2 Å². The molecule has 1 aromatic carbocycles. The maximum absolute atomic E-state index is 12.3. The Morgan fingerprint density at radius 3 is 2.69 bits per heavy atom. The van der Waals surface area contributed by atoms with Crippen molar-refractivity contribution in [2.24, 2.45) is 0 Å². The van der Waals surface area contributed by atoms with Crippen molar-refractivity contribution in [2.75, 3.05) is 12.4 Å². The molecule has 0 unspecified atom stereocenters. The van der Waals surface area contributed by atoms with Gasteiger partial charge >= 0.3 is 5.97 Å². The molecule has 26 heavy (non-hydrogen) atoms. The summed E-state index contributed by atoms with van der Waals surface area (Å²) in [7, 11) is 1.42. The fraction of sp³-hybridized carbons (Fsp3) is 0.368. The number of hydrogen-bond donors (Lipinski definition) is 2. The van der Waals surface area contributed by atoms with E-state index in [1.807, 2.05) is 24.3 Å². The predicted molar refractivity (Wildman–Crippen MR) is 111 cm³/mol. The molecule has 0 radical (unpaired) electrons. The smallest absolute Gasteiger partial charge is 0.341 e. The Bertz CT molecular complexity index is 803. The van der Waals surface area contributed by atoms with Crippen LogP contribution in [0.4, 0.5) is 5.00 Å². The van der Waals surface area contributed by atoms with E-state index in [9.17, 15) is 4.79 Å². The zero-order valence-electron chi connectivity index (χ0n) is 14.6. The number of ether oxygens (including phenoxy) is 1. The molecule has 0 bridgehead atoms. The molecule has 0 amide bonds. The molecule has 0 fully saturated rings. The molecule has 7 heteroatoms. The molecule has 1 aromatic heterocycles. The van der Waals surface area contributed by atoms with E-state index >= 15 is 0 Å². The van der Waals surface area contributed by atoms with Crippen molar-refractivity contribution in [1.29, 1.82) is 0 Å². The number of thiophene rings is 1. The molecule has 0 saturated carbocycles. The molecular weight excluding hydrogens is 388 g/mol. The highest BCUT2D eigenvalue weighted by Gasteiger charge is 2.25. The number of thiocarbonyl (C=S) groups is 1. The van der Waals surface area contributed by atoms with Gasteiger partial charge in [0.1, 0.15) is 5.00 Å². The highest BCUT2D eigenvalue weighted by atomic mass is 35.5.